The van der Waals surface area contributed by atoms with Gasteiger partial charge in [-0.2, -0.15) is 4.37 Å². The van der Waals surface area contributed by atoms with E-state index in [0.29, 0.717) is 28.3 Å². The fourth-order valence-electron chi connectivity index (χ4n) is 3.64. The van der Waals surface area contributed by atoms with Crippen molar-refractivity contribution in [2.45, 2.75) is 26.8 Å². The Labute approximate surface area is 217 Å². The third-order valence-corrected chi connectivity index (χ3v) is 6.49. The van der Waals surface area contributed by atoms with Gasteiger partial charge in [-0.15, -0.1) is 0 Å². The van der Waals surface area contributed by atoms with Crippen LogP contribution in [0.5, 0.6) is 5.75 Å². The SMILES string of the molecule is CCOC(=O)CNC(=O)C(c1ccc(O)cc1)N(C(=O)c1snc(C(N)=O)c1N)c1cccc(C)c1C. The van der Waals surface area contributed by atoms with Crippen LogP contribution in [0.15, 0.2) is 42.5 Å². The van der Waals surface area contributed by atoms with Gasteiger partial charge < -0.3 is 26.6 Å². The second-order valence-corrected chi connectivity index (χ2v) is 8.82. The lowest BCUT2D eigenvalue weighted by Gasteiger charge is -2.32. The summed E-state index contributed by atoms with van der Waals surface area (Å²) in [7, 11) is 0. The normalized spacial score (nSPS) is 11.4. The van der Waals surface area contributed by atoms with Crippen molar-refractivity contribution in [2.24, 2.45) is 5.73 Å². The standard InChI is InChI=1S/C25H27N5O6S/c1-4-36-18(32)12-28-24(34)21(15-8-10-16(31)11-9-15)30(17-7-5-6-13(2)14(17)3)25(35)22-19(26)20(23(27)33)29-37-22/h5-11,21,31H,4,12,26H2,1-3H3,(H2,27,33)(H,28,34). The van der Waals surface area contributed by atoms with E-state index < -0.39 is 36.3 Å². The van der Waals surface area contributed by atoms with Gasteiger partial charge in [0.05, 0.1) is 12.3 Å². The maximum atomic E-state index is 14.0. The first-order chi connectivity index (χ1) is 17.6. The molecule has 0 bridgehead atoms. The van der Waals surface area contributed by atoms with E-state index in [1.54, 1.807) is 26.0 Å². The number of carbonyl (C=O) groups is 4. The number of nitrogens with two attached hydrogens (primary N) is 2. The average Bonchev–Trinajstić information content (AvgIpc) is 3.25. The van der Waals surface area contributed by atoms with Gasteiger partial charge in [0.1, 0.15) is 23.2 Å². The van der Waals surface area contributed by atoms with Gasteiger partial charge in [0.2, 0.25) is 5.91 Å². The maximum Gasteiger partial charge on any atom is 0.325 e. The smallest absolute Gasteiger partial charge is 0.325 e. The fraction of sp³-hybridized carbons (Fsp3) is 0.240. The summed E-state index contributed by atoms with van der Waals surface area (Å²) >= 11 is 0.684. The minimum absolute atomic E-state index is 0.0446. The van der Waals surface area contributed by atoms with Crippen molar-refractivity contribution >= 4 is 46.6 Å². The molecule has 0 aliphatic heterocycles. The highest BCUT2D eigenvalue weighted by Crippen LogP contribution is 2.36. The molecule has 1 heterocycles. The number of amides is 3. The number of benzene rings is 2. The van der Waals surface area contributed by atoms with E-state index >= 15 is 0 Å². The van der Waals surface area contributed by atoms with Gasteiger partial charge >= 0.3 is 5.97 Å². The maximum absolute atomic E-state index is 14.0. The van der Waals surface area contributed by atoms with Crippen LogP contribution in [-0.2, 0) is 14.3 Å². The van der Waals surface area contributed by atoms with Crippen molar-refractivity contribution in [1.82, 2.24) is 9.69 Å². The molecule has 0 fully saturated rings. The van der Waals surface area contributed by atoms with Crippen LogP contribution in [0.25, 0.3) is 0 Å². The van der Waals surface area contributed by atoms with Gasteiger partial charge in [0.15, 0.2) is 5.69 Å². The molecule has 1 atom stereocenters. The number of rotatable bonds is 9. The average molecular weight is 526 g/mol. The highest BCUT2D eigenvalue weighted by Gasteiger charge is 2.37. The lowest BCUT2D eigenvalue weighted by molar-refractivity contribution is -0.143. The number of nitrogen functional groups attached to an aromatic ring is 1. The Morgan fingerprint density at radius 1 is 1.14 bits per heavy atom. The van der Waals surface area contributed by atoms with Crippen molar-refractivity contribution in [3.05, 3.63) is 69.7 Å². The monoisotopic (exact) mass is 525 g/mol. The number of esters is 1. The van der Waals surface area contributed by atoms with Crippen molar-refractivity contribution in [2.75, 3.05) is 23.8 Å². The number of primary amides is 1. The fourth-order valence-corrected chi connectivity index (χ4v) is 4.39. The Kier molecular flexibility index (Phi) is 8.45. The highest BCUT2D eigenvalue weighted by atomic mass is 32.1. The summed E-state index contributed by atoms with van der Waals surface area (Å²) < 4.78 is 8.82. The van der Waals surface area contributed by atoms with E-state index in [0.717, 1.165) is 5.56 Å². The molecule has 3 amide bonds. The number of anilines is 2. The predicted molar refractivity (Wildman–Crippen MR) is 138 cm³/mol. The molecule has 12 heteroatoms. The number of ether oxygens (including phenoxy) is 1. The van der Waals surface area contributed by atoms with Crippen molar-refractivity contribution < 1.29 is 29.0 Å². The third kappa shape index (κ3) is 5.86. The first kappa shape index (κ1) is 27.1. The number of aromatic nitrogens is 1. The summed E-state index contributed by atoms with van der Waals surface area (Å²) in [5, 5.41) is 12.3. The molecule has 11 nitrogen and oxygen atoms in total. The zero-order valence-electron chi connectivity index (χ0n) is 20.5. The number of aryl methyl sites for hydroxylation is 1. The Morgan fingerprint density at radius 2 is 1.81 bits per heavy atom. The zero-order chi connectivity index (χ0) is 27.3. The van der Waals surface area contributed by atoms with E-state index in [2.05, 4.69) is 9.69 Å². The van der Waals surface area contributed by atoms with Gasteiger partial charge in [-0.3, -0.25) is 24.1 Å². The first-order valence-electron chi connectivity index (χ1n) is 11.2. The van der Waals surface area contributed by atoms with E-state index in [1.807, 2.05) is 13.0 Å². The van der Waals surface area contributed by atoms with Crippen LogP contribution >= 0.6 is 11.5 Å². The molecule has 3 rings (SSSR count). The summed E-state index contributed by atoms with van der Waals surface area (Å²) in [5.74, 6) is -2.99. The number of phenolic OH excluding ortho intramolecular Hbond substituents is 1. The number of carbonyl (C=O) groups excluding carboxylic acids is 4. The van der Waals surface area contributed by atoms with E-state index in [1.165, 1.54) is 29.2 Å². The summed E-state index contributed by atoms with van der Waals surface area (Å²) in [6, 6.07) is 9.66. The minimum Gasteiger partial charge on any atom is -0.508 e. The molecule has 0 saturated heterocycles. The molecule has 0 saturated carbocycles. The number of phenols is 1. The molecule has 0 aliphatic rings. The molecule has 194 valence electrons. The molecule has 0 aliphatic carbocycles. The second-order valence-electron chi connectivity index (χ2n) is 8.05. The van der Waals surface area contributed by atoms with Gasteiger partial charge in [-0.05, 0) is 67.2 Å². The first-order valence-corrected chi connectivity index (χ1v) is 12.0. The quantitative estimate of drug-likeness (QED) is 0.307. The number of hydrogen-bond donors (Lipinski definition) is 4. The third-order valence-electron chi connectivity index (χ3n) is 5.64. The van der Waals surface area contributed by atoms with Crippen LogP contribution in [-0.4, -0.2) is 46.3 Å². The van der Waals surface area contributed by atoms with Gasteiger partial charge in [0, 0.05) is 5.69 Å². The van der Waals surface area contributed by atoms with E-state index in [4.69, 9.17) is 16.2 Å². The summed E-state index contributed by atoms with van der Waals surface area (Å²) in [4.78, 5) is 52.4. The lowest BCUT2D eigenvalue weighted by Crippen LogP contribution is -2.45. The molecule has 2 aromatic carbocycles. The van der Waals surface area contributed by atoms with Crippen molar-refractivity contribution in [3.8, 4) is 5.75 Å². The van der Waals surface area contributed by atoms with Crippen LogP contribution in [0.2, 0.25) is 0 Å². The predicted octanol–water partition coefficient (Wildman–Crippen LogP) is 2.21. The number of nitrogens with one attached hydrogen (secondary N) is 1. The lowest BCUT2D eigenvalue weighted by atomic mass is 9.99. The summed E-state index contributed by atoms with van der Waals surface area (Å²) in [6.45, 7) is 4.99. The van der Waals surface area contributed by atoms with Crippen LogP contribution < -0.4 is 21.7 Å². The molecular formula is C25H27N5O6S. The molecular weight excluding hydrogens is 498 g/mol. The molecule has 0 radical (unpaired) electrons. The second kappa shape index (κ2) is 11.5. The van der Waals surface area contributed by atoms with Crippen molar-refractivity contribution in [3.63, 3.8) is 0 Å². The molecule has 1 aromatic heterocycles. The van der Waals surface area contributed by atoms with Gasteiger partial charge in [-0.25, -0.2) is 0 Å². The van der Waals surface area contributed by atoms with Crippen LogP contribution in [0.4, 0.5) is 11.4 Å². The number of aromatic hydroxyl groups is 1. The Hall–Kier alpha value is -4.45. The number of hydrogen-bond acceptors (Lipinski definition) is 9. The van der Waals surface area contributed by atoms with E-state index in [-0.39, 0.29) is 28.6 Å². The molecule has 37 heavy (non-hydrogen) atoms. The molecule has 3 aromatic rings. The zero-order valence-corrected chi connectivity index (χ0v) is 21.3. The Balaban J connectivity index is 2.20. The molecule has 6 N–H and O–H groups in total. The topological polar surface area (TPSA) is 178 Å². The van der Waals surface area contributed by atoms with E-state index in [9.17, 15) is 24.3 Å². The highest BCUT2D eigenvalue weighted by molar-refractivity contribution is 7.09. The minimum atomic E-state index is -1.30. The summed E-state index contributed by atoms with van der Waals surface area (Å²) in [5.41, 5.74) is 13.2. The molecule has 0 spiro atoms. The summed E-state index contributed by atoms with van der Waals surface area (Å²) in [6.07, 6.45) is 0. The largest absolute Gasteiger partial charge is 0.508 e. The Morgan fingerprint density at radius 3 is 2.41 bits per heavy atom. The van der Waals surface area contributed by atoms with Crippen LogP contribution in [0, 0.1) is 13.8 Å². The molecule has 1 unspecified atom stereocenters. The van der Waals surface area contributed by atoms with Crippen LogP contribution in [0.1, 0.15) is 49.8 Å². The van der Waals surface area contributed by atoms with Crippen LogP contribution in [0.3, 0.4) is 0 Å². The Bertz CT molecular complexity index is 1340. The number of nitrogens with zero attached hydrogens (tertiary/aromatic N) is 2. The van der Waals surface area contributed by atoms with Crippen molar-refractivity contribution in [1.29, 1.82) is 0 Å². The van der Waals surface area contributed by atoms with Gasteiger partial charge in [0.25, 0.3) is 11.8 Å². The van der Waals surface area contributed by atoms with Gasteiger partial charge in [-0.1, -0.05) is 24.3 Å².